The predicted octanol–water partition coefficient (Wildman–Crippen LogP) is 0.620. The Hall–Kier alpha value is 0.660. The maximum Gasteiger partial charge on any atom is 0.0298 e. The first-order valence-corrected chi connectivity index (χ1v) is 4.56. The van der Waals surface area contributed by atoms with Gasteiger partial charge >= 0.3 is 0 Å². The summed E-state index contributed by atoms with van der Waals surface area (Å²) in [5, 5.41) is 4.58. The lowest BCUT2D eigenvalue weighted by Gasteiger charge is -2.07. The van der Waals surface area contributed by atoms with E-state index in [1.54, 1.807) is 0 Å². The molecule has 0 aromatic heterocycles. The lowest BCUT2D eigenvalue weighted by molar-refractivity contribution is 0.861. The van der Waals surface area contributed by atoms with E-state index in [1.807, 2.05) is 11.8 Å². The normalized spacial score (nSPS) is 38.2. The fraction of sp³-hybridized carbons (Fsp3) is 1.00. The van der Waals surface area contributed by atoms with E-state index in [-0.39, 0.29) is 0 Å². The molecule has 0 spiro atoms. The van der Waals surface area contributed by atoms with Crippen LogP contribution in [0.2, 0.25) is 0 Å². The van der Waals surface area contributed by atoms with Gasteiger partial charge < -0.3 is 5.32 Å². The molecule has 1 aliphatic heterocycles. The monoisotopic (exact) mass is 149 g/mol. The summed E-state index contributed by atoms with van der Waals surface area (Å²) < 4.78 is 0. The third-order valence-electron chi connectivity index (χ3n) is 1.43. The summed E-state index contributed by atoms with van der Waals surface area (Å²) in [5.74, 6) is 0. The molecule has 1 fully saturated rings. The second-order valence-corrected chi connectivity index (χ2v) is 3.74. The topological polar surface area (TPSA) is 12.0 Å². The first kappa shape index (κ1) is 6.78. The van der Waals surface area contributed by atoms with Crippen LogP contribution < -0.4 is 5.32 Å². The van der Waals surface area contributed by atoms with Gasteiger partial charge in [-0.15, -0.1) is 0 Å². The van der Waals surface area contributed by atoms with Gasteiger partial charge in [0, 0.05) is 23.6 Å². The van der Waals surface area contributed by atoms with Crippen molar-refractivity contribution in [1.29, 1.82) is 0 Å². The average molecular weight is 149 g/mol. The summed E-state index contributed by atoms with van der Waals surface area (Å²) in [6.07, 6.45) is 2.14. The van der Waals surface area contributed by atoms with Crippen LogP contribution in [-0.2, 0) is 0 Å². The minimum absolute atomic E-state index is 0.574. The van der Waals surface area contributed by atoms with E-state index >= 15 is 0 Å². The fourth-order valence-electron chi connectivity index (χ4n) is 0.881. The van der Waals surface area contributed by atoms with Crippen molar-refractivity contribution in [2.24, 2.45) is 0 Å². The molecule has 0 amide bonds. The quantitative estimate of drug-likeness (QED) is 0.530. The van der Waals surface area contributed by atoms with Gasteiger partial charge in [0.15, 0.2) is 0 Å². The Kier molecular flexibility index (Phi) is 2.53. The highest BCUT2D eigenvalue weighted by Crippen LogP contribution is 2.18. The fourth-order valence-corrected chi connectivity index (χ4v) is 2.18. The van der Waals surface area contributed by atoms with E-state index in [4.69, 9.17) is 0 Å². The molecule has 1 rings (SSSR count). The van der Waals surface area contributed by atoms with Crippen molar-refractivity contribution in [1.82, 2.24) is 5.32 Å². The molecular weight excluding hydrogens is 138 g/mol. The van der Waals surface area contributed by atoms with E-state index in [9.17, 15) is 0 Å². The standard InChI is InChI=1S/C5H11NS2/c1-8-5-3-6-2-4(5)7/h4-7H,2-3H2,1H3. The van der Waals surface area contributed by atoms with Gasteiger partial charge in [0.25, 0.3) is 0 Å². The highest BCUT2D eigenvalue weighted by atomic mass is 32.2. The summed E-state index contributed by atoms with van der Waals surface area (Å²) in [6, 6.07) is 0. The van der Waals surface area contributed by atoms with Crippen LogP contribution in [0.25, 0.3) is 0 Å². The van der Waals surface area contributed by atoms with Crippen LogP contribution in [0.3, 0.4) is 0 Å². The van der Waals surface area contributed by atoms with Gasteiger partial charge in [-0.05, 0) is 6.26 Å². The number of hydrogen-bond donors (Lipinski definition) is 2. The molecule has 2 unspecified atom stereocenters. The third-order valence-corrected chi connectivity index (χ3v) is 3.28. The van der Waals surface area contributed by atoms with Crippen LogP contribution >= 0.6 is 24.4 Å². The minimum Gasteiger partial charge on any atom is -0.314 e. The van der Waals surface area contributed by atoms with Gasteiger partial charge in [-0.1, -0.05) is 0 Å². The number of thioether (sulfide) groups is 1. The van der Waals surface area contributed by atoms with Crippen LogP contribution in [0.15, 0.2) is 0 Å². The average Bonchev–Trinajstić information content (AvgIpc) is 2.14. The van der Waals surface area contributed by atoms with Gasteiger partial charge in [0.2, 0.25) is 0 Å². The van der Waals surface area contributed by atoms with Crippen LogP contribution in [0, 0.1) is 0 Å². The van der Waals surface area contributed by atoms with Crippen molar-refractivity contribution >= 4 is 24.4 Å². The summed E-state index contributed by atoms with van der Waals surface area (Å²) in [5.41, 5.74) is 0. The summed E-state index contributed by atoms with van der Waals surface area (Å²) in [4.78, 5) is 0. The lowest BCUT2D eigenvalue weighted by Crippen LogP contribution is -2.13. The van der Waals surface area contributed by atoms with Crippen LogP contribution in [0.1, 0.15) is 0 Å². The largest absolute Gasteiger partial charge is 0.314 e. The molecule has 8 heavy (non-hydrogen) atoms. The predicted molar refractivity (Wildman–Crippen MR) is 42.9 cm³/mol. The van der Waals surface area contributed by atoms with Crippen molar-refractivity contribution in [3.63, 3.8) is 0 Å². The molecule has 0 aliphatic carbocycles. The minimum atomic E-state index is 0.574. The summed E-state index contributed by atoms with van der Waals surface area (Å²) in [7, 11) is 0. The van der Waals surface area contributed by atoms with Gasteiger partial charge in [0.1, 0.15) is 0 Å². The Morgan fingerprint density at radius 3 is 2.62 bits per heavy atom. The SMILES string of the molecule is CSC1CNCC1S. The molecule has 1 heterocycles. The van der Waals surface area contributed by atoms with Crippen LogP contribution in [0.5, 0.6) is 0 Å². The zero-order valence-electron chi connectivity index (χ0n) is 4.92. The summed E-state index contributed by atoms with van der Waals surface area (Å²) in [6.45, 7) is 2.21. The smallest absolute Gasteiger partial charge is 0.0298 e. The van der Waals surface area contributed by atoms with E-state index in [0.29, 0.717) is 5.25 Å². The second-order valence-electron chi connectivity index (χ2n) is 2.00. The van der Waals surface area contributed by atoms with Crippen LogP contribution in [0.4, 0.5) is 0 Å². The zero-order valence-corrected chi connectivity index (χ0v) is 6.64. The molecule has 0 aromatic rings. The maximum atomic E-state index is 4.38. The van der Waals surface area contributed by atoms with Gasteiger partial charge in [0.05, 0.1) is 0 Å². The Morgan fingerprint density at radius 2 is 2.38 bits per heavy atom. The molecule has 1 aliphatic rings. The molecule has 2 atom stereocenters. The molecule has 48 valence electrons. The highest BCUT2D eigenvalue weighted by molar-refractivity contribution is 8.00. The van der Waals surface area contributed by atoms with E-state index < -0.39 is 0 Å². The Bertz CT molecular complexity index is 76.8. The number of nitrogens with one attached hydrogen (secondary N) is 1. The number of rotatable bonds is 1. The molecule has 3 heteroatoms. The Morgan fingerprint density at radius 1 is 1.62 bits per heavy atom. The van der Waals surface area contributed by atoms with Crippen molar-refractivity contribution in [3.05, 3.63) is 0 Å². The number of hydrogen-bond acceptors (Lipinski definition) is 3. The molecule has 1 saturated heterocycles. The second kappa shape index (κ2) is 2.99. The first-order chi connectivity index (χ1) is 3.84. The molecule has 0 bridgehead atoms. The van der Waals surface area contributed by atoms with Gasteiger partial charge in [-0.25, -0.2) is 0 Å². The van der Waals surface area contributed by atoms with Crippen molar-refractivity contribution in [2.45, 2.75) is 10.5 Å². The molecule has 1 nitrogen and oxygen atoms in total. The highest BCUT2D eigenvalue weighted by Gasteiger charge is 2.21. The molecule has 1 N–H and O–H groups in total. The Labute approximate surface area is 60.0 Å². The lowest BCUT2D eigenvalue weighted by atomic mass is 10.4. The molecular formula is C5H11NS2. The van der Waals surface area contributed by atoms with Crippen molar-refractivity contribution < 1.29 is 0 Å². The first-order valence-electron chi connectivity index (χ1n) is 2.76. The summed E-state index contributed by atoms with van der Waals surface area (Å²) >= 11 is 6.29. The third kappa shape index (κ3) is 1.33. The van der Waals surface area contributed by atoms with Crippen LogP contribution in [-0.4, -0.2) is 29.8 Å². The van der Waals surface area contributed by atoms with Gasteiger partial charge in [-0.2, -0.15) is 24.4 Å². The van der Waals surface area contributed by atoms with Gasteiger partial charge in [-0.3, -0.25) is 0 Å². The number of thiol groups is 1. The Balaban J connectivity index is 2.30. The van der Waals surface area contributed by atoms with E-state index in [0.717, 1.165) is 18.3 Å². The molecule has 0 radical (unpaired) electrons. The zero-order chi connectivity index (χ0) is 5.98. The molecule has 0 aromatic carbocycles. The maximum absolute atomic E-state index is 4.38. The van der Waals surface area contributed by atoms with E-state index in [1.165, 1.54) is 0 Å². The van der Waals surface area contributed by atoms with Crippen molar-refractivity contribution in [3.8, 4) is 0 Å². The molecule has 0 saturated carbocycles. The van der Waals surface area contributed by atoms with E-state index in [2.05, 4.69) is 24.2 Å². The van der Waals surface area contributed by atoms with Crippen molar-refractivity contribution in [2.75, 3.05) is 19.3 Å².